The van der Waals surface area contributed by atoms with Crippen molar-refractivity contribution in [1.82, 2.24) is 14.8 Å². The van der Waals surface area contributed by atoms with Gasteiger partial charge in [0.2, 0.25) is 0 Å². The van der Waals surface area contributed by atoms with Crippen molar-refractivity contribution in [1.29, 1.82) is 0 Å². The molecular formula is C29H35N3O3S. The molecule has 0 unspecified atom stereocenters. The van der Waals surface area contributed by atoms with Gasteiger partial charge < -0.3 is 14.7 Å². The smallest absolute Gasteiger partial charge is 0.303 e. The van der Waals surface area contributed by atoms with Crippen molar-refractivity contribution in [2.24, 2.45) is 11.8 Å². The number of carboxylic acids is 1. The van der Waals surface area contributed by atoms with E-state index in [1.807, 2.05) is 35.8 Å². The van der Waals surface area contributed by atoms with Gasteiger partial charge in [-0.1, -0.05) is 17.9 Å². The first kappa shape index (κ1) is 26.2. The number of hydrogen-bond donors (Lipinski definition) is 1. The maximum absolute atomic E-state index is 11.7. The number of ether oxygens (including phenoxy) is 1. The average Bonchev–Trinajstić information content (AvgIpc) is 3.38. The van der Waals surface area contributed by atoms with Crippen LogP contribution in [-0.2, 0) is 4.79 Å². The lowest BCUT2D eigenvalue weighted by molar-refractivity contribution is -0.139. The van der Waals surface area contributed by atoms with Gasteiger partial charge in [-0.25, -0.2) is 0 Å². The summed E-state index contributed by atoms with van der Waals surface area (Å²) in [7, 11) is 5.91. The predicted octanol–water partition coefficient (Wildman–Crippen LogP) is 5.15. The van der Waals surface area contributed by atoms with Crippen LogP contribution in [0.3, 0.4) is 0 Å². The Morgan fingerprint density at radius 3 is 2.89 bits per heavy atom. The molecule has 0 aliphatic carbocycles. The number of carbonyl (C=O) groups is 1. The van der Waals surface area contributed by atoms with Crippen LogP contribution in [0.25, 0.3) is 10.9 Å². The fourth-order valence-electron chi connectivity index (χ4n) is 5.35. The average molecular weight is 506 g/mol. The van der Waals surface area contributed by atoms with Gasteiger partial charge in [0.15, 0.2) is 0 Å². The van der Waals surface area contributed by atoms with E-state index in [4.69, 9.17) is 4.74 Å². The van der Waals surface area contributed by atoms with Crippen LogP contribution in [-0.4, -0.2) is 66.7 Å². The number of methoxy groups -OCH3 is 1. The lowest BCUT2D eigenvalue weighted by Crippen LogP contribution is -2.41. The van der Waals surface area contributed by atoms with Gasteiger partial charge >= 0.3 is 5.97 Å². The van der Waals surface area contributed by atoms with E-state index in [2.05, 4.69) is 52.9 Å². The Labute approximate surface area is 217 Å². The Morgan fingerprint density at radius 1 is 1.31 bits per heavy atom. The fourth-order valence-corrected chi connectivity index (χ4v) is 5.94. The molecular weight excluding hydrogens is 470 g/mol. The summed E-state index contributed by atoms with van der Waals surface area (Å²) >= 11 is 1.65. The number of pyridine rings is 1. The summed E-state index contributed by atoms with van der Waals surface area (Å²) in [5.74, 6) is 7.13. The van der Waals surface area contributed by atoms with E-state index in [0.717, 1.165) is 53.9 Å². The zero-order chi connectivity index (χ0) is 25.5. The van der Waals surface area contributed by atoms with Crippen LogP contribution in [0.2, 0.25) is 0 Å². The largest absolute Gasteiger partial charge is 0.497 e. The summed E-state index contributed by atoms with van der Waals surface area (Å²) in [5.41, 5.74) is 2.20. The van der Waals surface area contributed by atoms with E-state index in [9.17, 15) is 9.90 Å². The second-order valence-corrected chi connectivity index (χ2v) is 10.7. The molecule has 190 valence electrons. The summed E-state index contributed by atoms with van der Waals surface area (Å²) in [6.07, 6.45) is 5.04. The van der Waals surface area contributed by atoms with E-state index in [1.165, 1.54) is 5.56 Å². The summed E-state index contributed by atoms with van der Waals surface area (Å²) in [4.78, 5) is 21.9. The fraction of sp³-hybridized carbons (Fsp3) is 0.448. The van der Waals surface area contributed by atoms with Crippen LogP contribution in [0.15, 0.2) is 48.0 Å². The summed E-state index contributed by atoms with van der Waals surface area (Å²) in [6.45, 7) is 2.44. The molecule has 1 aliphatic heterocycles. The van der Waals surface area contributed by atoms with Crippen molar-refractivity contribution < 1.29 is 14.6 Å². The molecule has 3 aromatic rings. The van der Waals surface area contributed by atoms with E-state index in [0.29, 0.717) is 12.5 Å². The van der Waals surface area contributed by atoms with Gasteiger partial charge in [-0.3, -0.25) is 14.7 Å². The van der Waals surface area contributed by atoms with Crippen molar-refractivity contribution in [3.8, 4) is 17.6 Å². The Kier molecular flexibility index (Phi) is 8.98. The van der Waals surface area contributed by atoms with Gasteiger partial charge in [-0.05, 0) is 93.0 Å². The molecule has 1 N–H and O–H groups in total. The molecule has 1 saturated heterocycles. The predicted molar refractivity (Wildman–Crippen MR) is 145 cm³/mol. The first-order chi connectivity index (χ1) is 17.4. The van der Waals surface area contributed by atoms with Crippen molar-refractivity contribution in [3.05, 3.63) is 58.4 Å². The third kappa shape index (κ3) is 6.64. The molecule has 6 nitrogen and oxygen atoms in total. The molecule has 1 aliphatic rings. The van der Waals surface area contributed by atoms with Gasteiger partial charge in [0.1, 0.15) is 5.75 Å². The normalized spacial score (nSPS) is 19.1. The maximum Gasteiger partial charge on any atom is 0.303 e. The monoisotopic (exact) mass is 505 g/mol. The van der Waals surface area contributed by atoms with Gasteiger partial charge in [0.25, 0.3) is 0 Å². The van der Waals surface area contributed by atoms with Crippen LogP contribution in [0.4, 0.5) is 0 Å². The Morgan fingerprint density at radius 2 is 2.17 bits per heavy atom. The number of fused-ring (bicyclic) bond motifs is 1. The number of rotatable bonds is 9. The summed E-state index contributed by atoms with van der Waals surface area (Å²) < 4.78 is 5.47. The zero-order valence-corrected chi connectivity index (χ0v) is 22.1. The third-order valence-corrected chi connectivity index (χ3v) is 8.01. The number of hydrogen-bond acceptors (Lipinski definition) is 6. The van der Waals surface area contributed by atoms with Crippen LogP contribution in [0, 0.1) is 23.7 Å². The number of carboxylic acid groups (broad SMARTS) is 1. The molecule has 7 heteroatoms. The highest BCUT2D eigenvalue weighted by Crippen LogP contribution is 2.36. The van der Waals surface area contributed by atoms with E-state index in [1.54, 1.807) is 18.4 Å². The quantitative estimate of drug-likeness (QED) is 0.406. The van der Waals surface area contributed by atoms with Crippen molar-refractivity contribution in [2.75, 3.05) is 40.8 Å². The molecule has 1 fully saturated rings. The Hall–Kier alpha value is -2.92. The minimum atomic E-state index is -0.715. The number of aromatic nitrogens is 1. The van der Waals surface area contributed by atoms with E-state index < -0.39 is 5.97 Å². The number of likely N-dealkylation sites (tertiary alicyclic amines) is 1. The molecule has 0 spiro atoms. The van der Waals surface area contributed by atoms with Crippen LogP contribution in [0.1, 0.15) is 42.2 Å². The molecule has 36 heavy (non-hydrogen) atoms. The Balaban J connectivity index is 1.46. The highest BCUT2D eigenvalue weighted by Gasteiger charge is 2.31. The molecule has 0 radical (unpaired) electrons. The van der Waals surface area contributed by atoms with Crippen molar-refractivity contribution in [3.63, 3.8) is 0 Å². The second kappa shape index (κ2) is 12.4. The number of aliphatic carboxylic acids is 1. The van der Waals surface area contributed by atoms with Crippen LogP contribution in [0.5, 0.6) is 5.75 Å². The van der Waals surface area contributed by atoms with Crippen molar-refractivity contribution in [2.45, 2.75) is 31.7 Å². The highest BCUT2D eigenvalue weighted by molar-refractivity contribution is 7.10. The van der Waals surface area contributed by atoms with E-state index >= 15 is 0 Å². The SMILES string of the molecule is COc1ccc2nccc([C@@H](CC[C@@H]3CCN(CC#Cc4cccs4)C[C@@H]3CC(=O)O)N(C)C)c2c1. The van der Waals surface area contributed by atoms with Crippen LogP contribution >= 0.6 is 11.3 Å². The lowest BCUT2D eigenvalue weighted by atomic mass is 9.79. The molecule has 3 atom stereocenters. The second-order valence-electron chi connectivity index (χ2n) is 9.76. The number of thiophene rings is 1. The summed E-state index contributed by atoms with van der Waals surface area (Å²) in [5, 5.41) is 12.8. The highest BCUT2D eigenvalue weighted by atomic mass is 32.1. The molecule has 1 aromatic carbocycles. The molecule has 2 aromatic heterocycles. The molecule has 4 rings (SSSR count). The third-order valence-electron chi connectivity index (χ3n) is 7.22. The number of nitrogens with zero attached hydrogens (tertiary/aromatic N) is 3. The Bertz CT molecular complexity index is 1220. The first-order valence-corrected chi connectivity index (χ1v) is 13.4. The van der Waals surface area contributed by atoms with Gasteiger partial charge in [0, 0.05) is 30.6 Å². The lowest BCUT2D eigenvalue weighted by Gasteiger charge is -2.38. The van der Waals surface area contributed by atoms with Gasteiger partial charge in [-0.15, -0.1) is 11.3 Å². The zero-order valence-electron chi connectivity index (χ0n) is 21.3. The standard InChI is InChI=1S/C29H35N3O3S/c1-31(2)28(25-12-14-30-27-10-9-23(35-3)19-26(25)27)11-8-21-13-16-32(20-22(21)18-29(33)34)15-4-6-24-7-5-17-36-24/h5,7,9-10,12,14,17,19,21-22,28H,8,11,13,15-16,18,20H2,1-3H3,(H,33,34)/t21-,22+,28-/m1/s1. The molecule has 0 bridgehead atoms. The summed E-state index contributed by atoms with van der Waals surface area (Å²) in [6, 6.07) is 12.4. The number of piperidine rings is 1. The molecule has 0 amide bonds. The topological polar surface area (TPSA) is 65.9 Å². The number of benzene rings is 1. The molecule has 3 heterocycles. The van der Waals surface area contributed by atoms with Crippen LogP contribution < -0.4 is 4.74 Å². The van der Waals surface area contributed by atoms with Gasteiger partial charge in [-0.2, -0.15) is 0 Å². The molecule has 0 saturated carbocycles. The van der Waals surface area contributed by atoms with Crippen molar-refractivity contribution >= 4 is 28.2 Å². The minimum Gasteiger partial charge on any atom is -0.497 e. The first-order valence-electron chi connectivity index (χ1n) is 12.5. The maximum atomic E-state index is 11.7. The van der Waals surface area contributed by atoms with E-state index in [-0.39, 0.29) is 18.4 Å². The minimum absolute atomic E-state index is 0.136. The van der Waals surface area contributed by atoms with Gasteiger partial charge in [0.05, 0.1) is 24.0 Å².